The minimum atomic E-state index is -0.513. The zero-order chi connectivity index (χ0) is 10.8. The van der Waals surface area contributed by atoms with Gasteiger partial charge in [-0.3, -0.25) is 5.32 Å². The minimum Gasteiger partial charge on any atom is -0.445 e. The smallest absolute Gasteiger partial charge is 0.413 e. The normalized spacial score (nSPS) is 8.14. The third kappa shape index (κ3) is 5.31. The monoisotopic (exact) mass is 214 g/mol. The molecular weight excluding hydrogens is 200 g/mol. The number of carbonyl (C=O) groups excluding carboxylic acids is 1. The Labute approximate surface area is 87.6 Å². The average Bonchev–Trinajstić information content (AvgIpc) is 2.70. The number of aromatic nitrogens is 1. The van der Waals surface area contributed by atoms with Gasteiger partial charge in [-0.05, 0) is 0 Å². The van der Waals surface area contributed by atoms with Crippen LogP contribution in [0.4, 0.5) is 10.6 Å². The Balaban J connectivity index is 0.000000791. The molecule has 1 N–H and O–H groups in total. The Hall–Kier alpha value is -1.36. The van der Waals surface area contributed by atoms with Crippen molar-refractivity contribution in [2.45, 2.75) is 13.8 Å². The number of carbonyl (C=O) groups is 1. The zero-order valence-corrected chi connectivity index (χ0v) is 9.13. The molecule has 5 heteroatoms. The molecule has 14 heavy (non-hydrogen) atoms. The molecule has 1 amide bonds. The Kier molecular flexibility index (Phi) is 7.45. The fourth-order valence-electron chi connectivity index (χ4n) is 0.550. The third-order valence-electron chi connectivity index (χ3n) is 0.995. The van der Waals surface area contributed by atoms with Gasteiger partial charge < -0.3 is 4.74 Å². The standard InChI is InChI=1S/C7H8N2O2S.C2H6/c1-2-3-11-7(10)9-6-4-12-5-8-6;1-2/h2,4-5H,1,3H2,(H,9,10);1-2H3. The number of anilines is 1. The number of rotatable bonds is 3. The van der Waals surface area contributed by atoms with Crippen molar-refractivity contribution in [3.8, 4) is 0 Å². The van der Waals surface area contributed by atoms with Gasteiger partial charge in [-0.25, -0.2) is 9.78 Å². The van der Waals surface area contributed by atoms with Crippen molar-refractivity contribution < 1.29 is 9.53 Å². The van der Waals surface area contributed by atoms with Gasteiger partial charge in [-0.15, -0.1) is 11.3 Å². The Morgan fingerprint density at radius 3 is 3.00 bits per heavy atom. The lowest BCUT2D eigenvalue weighted by Crippen LogP contribution is -2.13. The van der Waals surface area contributed by atoms with E-state index >= 15 is 0 Å². The molecule has 1 rings (SSSR count). The maximum absolute atomic E-state index is 10.9. The van der Waals surface area contributed by atoms with Crippen LogP contribution in [-0.2, 0) is 4.74 Å². The quantitative estimate of drug-likeness (QED) is 0.787. The summed E-state index contributed by atoms with van der Waals surface area (Å²) in [7, 11) is 0. The number of thiazole rings is 1. The lowest BCUT2D eigenvalue weighted by molar-refractivity contribution is 0.174. The molecule has 0 saturated heterocycles. The minimum absolute atomic E-state index is 0.204. The number of nitrogens with one attached hydrogen (secondary N) is 1. The van der Waals surface area contributed by atoms with Crippen molar-refractivity contribution >= 4 is 23.2 Å². The highest BCUT2D eigenvalue weighted by atomic mass is 32.1. The molecule has 0 bridgehead atoms. The van der Waals surface area contributed by atoms with E-state index < -0.39 is 6.09 Å². The molecule has 0 aliphatic heterocycles. The number of hydrogen-bond donors (Lipinski definition) is 1. The molecule has 0 saturated carbocycles. The highest BCUT2D eigenvalue weighted by molar-refractivity contribution is 7.07. The summed E-state index contributed by atoms with van der Waals surface area (Å²) in [5.41, 5.74) is 1.63. The molecule has 0 aliphatic carbocycles. The van der Waals surface area contributed by atoms with Crippen molar-refractivity contribution in [1.29, 1.82) is 0 Å². The molecule has 0 atom stereocenters. The van der Waals surface area contributed by atoms with Crippen LogP contribution in [0.5, 0.6) is 0 Å². The summed E-state index contributed by atoms with van der Waals surface area (Å²) in [5, 5.41) is 4.16. The molecule has 0 radical (unpaired) electrons. The predicted molar refractivity (Wildman–Crippen MR) is 58.6 cm³/mol. The number of nitrogens with zero attached hydrogens (tertiary/aromatic N) is 1. The summed E-state index contributed by atoms with van der Waals surface area (Å²) in [5.74, 6) is 0.508. The van der Waals surface area contributed by atoms with Crippen LogP contribution < -0.4 is 5.32 Å². The first-order chi connectivity index (χ1) is 6.83. The van der Waals surface area contributed by atoms with Crippen molar-refractivity contribution in [3.63, 3.8) is 0 Å². The lowest BCUT2D eigenvalue weighted by atomic mass is 10.7. The summed E-state index contributed by atoms with van der Waals surface area (Å²) in [6, 6.07) is 0. The van der Waals surface area contributed by atoms with Crippen LogP contribution in [-0.4, -0.2) is 17.7 Å². The maximum atomic E-state index is 10.9. The van der Waals surface area contributed by atoms with E-state index in [-0.39, 0.29) is 6.61 Å². The molecule has 0 aliphatic rings. The summed E-state index contributed by atoms with van der Waals surface area (Å²) in [4.78, 5) is 14.7. The molecule has 0 unspecified atom stereocenters. The second kappa shape index (κ2) is 8.25. The van der Waals surface area contributed by atoms with Crippen molar-refractivity contribution in [2.75, 3.05) is 11.9 Å². The molecule has 1 aromatic rings. The molecule has 4 nitrogen and oxygen atoms in total. The van der Waals surface area contributed by atoms with Gasteiger partial charge >= 0.3 is 6.09 Å². The highest BCUT2D eigenvalue weighted by Gasteiger charge is 2.01. The second-order valence-corrected chi connectivity index (χ2v) is 2.60. The van der Waals surface area contributed by atoms with Gasteiger partial charge in [-0.2, -0.15) is 0 Å². The number of amides is 1. The van der Waals surface area contributed by atoms with E-state index in [2.05, 4.69) is 21.6 Å². The fraction of sp³-hybridized carbons (Fsp3) is 0.333. The highest BCUT2D eigenvalue weighted by Crippen LogP contribution is 2.06. The molecule has 0 spiro atoms. The van der Waals surface area contributed by atoms with Crippen molar-refractivity contribution in [1.82, 2.24) is 4.98 Å². The van der Waals surface area contributed by atoms with Crippen molar-refractivity contribution in [2.24, 2.45) is 0 Å². The molecule has 1 heterocycles. The topological polar surface area (TPSA) is 51.2 Å². The molecule has 1 aromatic heterocycles. The van der Waals surface area contributed by atoms with E-state index in [1.807, 2.05) is 13.8 Å². The van der Waals surface area contributed by atoms with E-state index in [0.717, 1.165) is 0 Å². The van der Waals surface area contributed by atoms with Gasteiger partial charge in [0.05, 0.1) is 5.51 Å². The third-order valence-corrected chi connectivity index (χ3v) is 1.58. The van der Waals surface area contributed by atoms with Crippen LogP contribution in [0.3, 0.4) is 0 Å². The van der Waals surface area contributed by atoms with Crippen LogP contribution in [0.1, 0.15) is 13.8 Å². The molecule has 0 fully saturated rings. The molecular formula is C9H14N2O2S. The van der Waals surface area contributed by atoms with Gasteiger partial charge in [0.25, 0.3) is 0 Å². The predicted octanol–water partition coefficient (Wildman–Crippen LogP) is 2.90. The van der Waals surface area contributed by atoms with Crippen LogP contribution in [0.25, 0.3) is 0 Å². The van der Waals surface area contributed by atoms with E-state index in [4.69, 9.17) is 0 Å². The molecule has 78 valence electrons. The maximum Gasteiger partial charge on any atom is 0.413 e. The van der Waals surface area contributed by atoms with Gasteiger partial charge in [0.15, 0.2) is 0 Å². The summed E-state index contributed by atoms with van der Waals surface area (Å²) in [6.07, 6.45) is 0.987. The fourth-order valence-corrected chi connectivity index (χ4v) is 1.03. The van der Waals surface area contributed by atoms with E-state index in [0.29, 0.717) is 5.82 Å². The van der Waals surface area contributed by atoms with Gasteiger partial charge in [0.2, 0.25) is 0 Å². The molecule has 0 aromatic carbocycles. The van der Waals surface area contributed by atoms with Crippen LogP contribution >= 0.6 is 11.3 Å². The first-order valence-corrected chi connectivity index (χ1v) is 5.20. The number of ether oxygens (including phenoxy) is 1. The Bertz CT molecular complexity index is 260. The van der Waals surface area contributed by atoms with Crippen LogP contribution in [0.15, 0.2) is 23.5 Å². The summed E-state index contributed by atoms with van der Waals surface area (Å²) >= 11 is 1.40. The van der Waals surface area contributed by atoms with Crippen LogP contribution in [0, 0.1) is 0 Å². The first-order valence-electron chi connectivity index (χ1n) is 4.26. The largest absolute Gasteiger partial charge is 0.445 e. The van der Waals surface area contributed by atoms with E-state index in [1.165, 1.54) is 17.4 Å². The summed E-state index contributed by atoms with van der Waals surface area (Å²) < 4.78 is 4.66. The van der Waals surface area contributed by atoms with Gasteiger partial charge in [0.1, 0.15) is 12.4 Å². The Morgan fingerprint density at radius 1 is 1.79 bits per heavy atom. The first kappa shape index (κ1) is 12.6. The van der Waals surface area contributed by atoms with Gasteiger partial charge in [-0.1, -0.05) is 26.5 Å². The lowest BCUT2D eigenvalue weighted by Gasteiger charge is -2.00. The Morgan fingerprint density at radius 2 is 2.50 bits per heavy atom. The SMILES string of the molecule is C=CCOC(=O)Nc1cscn1.CC. The van der Waals surface area contributed by atoms with E-state index in [9.17, 15) is 4.79 Å². The summed E-state index contributed by atoms with van der Waals surface area (Å²) in [6.45, 7) is 7.62. The van der Waals surface area contributed by atoms with E-state index in [1.54, 1.807) is 10.9 Å². The van der Waals surface area contributed by atoms with Crippen LogP contribution in [0.2, 0.25) is 0 Å². The average molecular weight is 214 g/mol. The second-order valence-electron chi connectivity index (χ2n) is 1.89. The van der Waals surface area contributed by atoms with Gasteiger partial charge in [0, 0.05) is 5.38 Å². The van der Waals surface area contributed by atoms with Crippen molar-refractivity contribution in [3.05, 3.63) is 23.5 Å². The zero-order valence-electron chi connectivity index (χ0n) is 8.32. The number of hydrogen-bond acceptors (Lipinski definition) is 4.